The van der Waals surface area contributed by atoms with Gasteiger partial charge >= 0.3 is 0 Å². The van der Waals surface area contributed by atoms with Crippen LogP contribution in [-0.2, 0) is 16.0 Å². The fourth-order valence-electron chi connectivity index (χ4n) is 3.26. The van der Waals surface area contributed by atoms with Gasteiger partial charge in [0.1, 0.15) is 6.10 Å². The highest BCUT2D eigenvalue weighted by Gasteiger charge is 2.33. The number of para-hydroxylation sites is 2. The van der Waals surface area contributed by atoms with Crippen LogP contribution in [0.25, 0.3) is 21.8 Å². The van der Waals surface area contributed by atoms with Crippen LogP contribution in [0.3, 0.4) is 0 Å². The van der Waals surface area contributed by atoms with Crippen molar-refractivity contribution in [2.45, 2.75) is 32.3 Å². The van der Waals surface area contributed by atoms with E-state index in [2.05, 4.69) is 53.1 Å². The van der Waals surface area contributed by atoms with Crippen molar-refractivity contribution in [1.82, 2.24) is 4.57 Å². The van der Waals surface area contributed by atoms with E-state index >= 15 is 0 Å². The standard InChI is InChI=1S/C18H19NO2/c1-18(2)20-12-13(21-18)11-19-16-9-5-3-7-14(16)15-8-4-6-10-17(15)19/h3-10,13H,11-12H2,1-2H3/t13-/m0/s1. The van der Waals surface area contributed by atoms with Crippen LogP contribution in [0.2, 0.25) is 0 Å². The Morgan fingerprint density at radius 3 is 2.10 bits per heavy atom. The maximum absolute atomic E-state index is 5.98. The highest BCUT2D eigenvalue weighted by Crippen LogP contribution is 2.31. The molecule has 2 aromatic carbocycles. The lowest BCUT2D eigenvalue weighted by Gasteiger charge is -2.18. The van der Waals surface area contributed by atoms with Gasteiger partial charge in [0.25, 0.3) is 0 Å². The summed E-state index contributed by atoms with van der Waals surface area (Å²) in [5.74, 6) is -0.469. The van der Waals surface area contributed by atoms with Crippen LogP contribution >= 0.6 is 0 Å². The Hall–Kier alpha value is -1.84. The SMILES string of the molecule is CC1(C)OC[C@H](Cn2c3ccccc3c3ccccc32)O1. The van der Waals surface area contributed by atoms with Gasteiger partial charge in [-0.1, -0.05) is 36.4 Å². The van der Waals surface area contributed by atoms with Crippen LogP contribution in [-0.4, -0.2) is 23.1 Å². The van der Waals surface area contributed by atoms with Gasteiger partial charge in [-0.05, 0) is 26.0 Å². The molecule has 0 N–H and O–H groups in total. The first-order chi connectivity index (χ1) is 10.1. The molecule has 108 valence electrons. The van der Waals surface area contributed by atoms with Gasteiger partial charge in [-0.3, -0.25) is 0 Å². The van der Waals surface area contributed by atoms with Crippen molar-refractivity contribution in [2.24, 2.45) is 0 Å². The molecule has 3 nitrogen and oxygen atoms in total. The molecule has 2 heterocycles. The quantitative estimate of drug-likeness (QED) is 0.710. The molecular formula is C18H19NO2. The highest BCUT2D eigenvalue weighted by molar-refractivity contribution is 6.07. The predicted octanol–water partition coefficient (Wildman–Crippen LogP) is 3.95. The minimum Gasteiger partial charge on any atom is -0.348 e. The van der Waals surface area contributed by atoms with E-state index in [9.17, 15) is 0 Å². The van der Waals surface area contributed by atoms with E-state index in [4.69, 9.17) is 9.47 Å². The zero-order valence-corrected chi connectivity index (χ0v) is 12.4. The van der Waals surface area contributed by atoms with Crippen molar-refractivity contribution >= 4 is 21.8 Å². The fraction of sp³-hybridized carbons (Fsp3) is 0.333. The number of rotatable bonds is 2. The summed E-state index contributed by atoms with van der Waals surface area (Å²) in [6.07, 6.45) is 0.0965. The fourth-order valence-corrected chi connectivity index (χ4v) is 3.26. The van der Waals surface area contributed by atoms with Crippen LogP contribution in [0.5, 0.6) is 0 Å². The first kappa shape index (κ1) is 12.9. The second-order valence-electron chi connectivity index (χ2n) is 6.10. The number of hydrogen-bond acceptors (Lipinski definition) is 2. The average molecular weight is 281 g/mol. The zero-order chi connectivity index (χ0) is 14.4. The van der Waals surface area contributed by atoms with Crippen molar-refractivity contribution in [1.29, 1.82) is 0 Å². The molecule has 1 aromatic heterocycles. The Morgan fingerprint density at radius 2 is 1.57 bits per heavy atom. The summed E-state index contributed by atoms with van der Waals surface area (Å²) in [5.41, 5.74) is 2.51. The summed E-state index contributed by atoms with van der Waals surface area (Å²) >= 11 is 0. The van der Waals surface area contributed by atoms with Gasteiger partial charge in [0.05, 0.1) is 13.2 Å². The van der Waals surface area contributed by atoms with Crippen LogP contribution in [0.1, 0.15) is 13.8 Å². The molecule has 0 bridgehead atoms. The molecule has 0 unspecified atom stereocenters. The lowest BCUT2D eigenvalue weighted by atomic mass is 10.2. The van der Waals surface area contributed by atoms with E-state index in [0.717, 1.165) is 6.54 Å². The third-order valence-corrected chi connectivity index (χ3v) is 4.13. The second kappa shape index (κ2) is 4.58. The number of ether oxygens (including phenoxy) is 2. The molecule has 1 atom stereocenters. The van der Waals surface area contributed by atoms with E-state index in [1.165, 1.54) is 21.8 Å². The molecule has 21 heavy (non-hydrogen) atoms. The Balaban J connectivity index is 1.83. The van der Waals surface area contributed by atoms with Crippen molar-refractivity contribution in [2.75, 3.05) is 6.61 Å². The second-order valence-corrected chi connectivity index (χ2v) is 6.10. The molecule has 0 amide bonds. The monoisotopic (exact) mass is 281 g/mol. The third-order valence-electron chi connectivity index (χ3n) is 4.13. The maximum atomic E-state index is 5.98. The summed E-state index contributed by atoms with van der Waals surface area (Å²) in [5, 5.41) is 2.59. The number of aromatic nitrogens is 1. The number of benzene rings is 2. The lowest BCUT2D eigenvalue weighted by Crippen LogP contribution is -2.24. The maximum Gasteiger partial charge on any atom is 0.163 e. The van der Waals surface area contributed by atoms with Gasteiger partial charge in [0.15, 0.2) is 5.79 Å². The van der Waals surface area contributed by atoms with Crippen LogP contribution in [0.4, 0.5) is 0 Å². The topological polar surface area (TPSA) is 23.4 Å². The average Bonchev–Trinajstić information content (AvgIpc) is 2.99. The summed E-state index contributed by atoms with van der Waals surface area (Å²) in [4.78, 5) is 0. The molecule has 1 fully saturated rings. The predicted molar refractivity (Wildman–Crippen MR) is 84.3 cm³/mol. The molecule has 1 aliphatic rings. The first-order valence-electron chi connectivity index (χ1n) is 7.42. The smallest absolute Gasteiger partial charge is 0.163 e. The van der Waals surface area contributed by atoms with Gasteiger partial charge in [-0.2, -0.15) is 0 Å². The van der Waals surface area contributed by atoms with Gasteiger partial charge in [0, 0.05) is 21.8 Å². The van der Waals surface area contributed by atoms with Crippen molar-refractivity contribution in [3.05, 3.63) is 48.5 Å². The summed E-state index contributed by atoms with van der Waals surface area (Å²) in [6, 6.07) is 17.1. The zero-order valence-electron chi connectivity index (χ0n) is 12.4. The molecular weight excluding hydrogens is 262 g/mol. The van der Waals surface area contributed by atoms with Crippen LogP contribution < -0.4 is 0 Å². The molecule has 3 aromatic rings. The Kier molecular flexibility index (Phi) is 2.81. The number of nitrogens with zero attached hydrogens (tertiary/aromatic N) is 1. The summed E-state index contributed by atoms with van der Waals surface area (Å²) in [6.45, 7) is 5.41. The first-order valence-corrected chi connectivity index (χ1v) is 7.42. The van der Waals surface area contributed by atoms with Crippen molar-refractivity contribution < 1.29 is 9.47 Å². The van der Waals surface area contributed by atoms with Gasteiger partial charge in [0.2, 0.25) is 0 Å². The third kappa shape index (κ3) is 2.13. The van der Waals surface area contributed by atoms with Gasteiger partial charge in [-0.25, -0.2) is 0 Å². The molecule has 4 rings (SSSR count). The van der Waals surface area contributed by atoms with E-state index in [-0.39, 0.29) is 6.10 Å². The molecule has 1 aliphatic heterocycles. The lowest BCUT2D eigenvalue weighted by molar-refractivity contribution is -0.139. The summed E-state index contributed by atoms with van der Waals surface area (Å²) in [7, 11) is 0. The van der Waals surface area contributed by atoms with E-state index < -0.39 is 5.79 Å². The number of hydrogen-bond donors (Lipinski definition) is 0. The highest BCUT2D eigenvalue weighted by atomic mass is 16.7. The number of fused-ring (bicyclic) bond motifs is 3. The molecule has 0 spiro atoms. The minimum atomic E-state index is -0.469. The molecule has 0 aliphatic carbocycles. The molecule has 3 heteroatoms. The van der Waals surface area contributed by atoms with Gasteiger partial charge < -0.3 is 14.0 Å². The van der Waals surface area contributed by atoms with Crippen molar-refractivity contribution in [3.63, 3.8) is 0 Å². The Morgan fingerprint density at radius 1 is 1.00 bits per heavy atom. The summed E-state index contributed by atoms with van der Waals surface area (Å²) < 4.78 is 14.0. The van der Waals surface area contributed by atoms with Crippen molar-refractivity contribution in [3.8, 4) is 0 Å². The molecule has 0 saturated carbocycles. The minimum absolute atomic E-state index is 0.0965. The van der Waals surface area contributed by atoms with Crippen LogP contribution in [0, 0.1) is 0 Å². The Labute approximate surface area is 124 Å². The molecule has 1 saturated heterocycles. The normalized spacial score (nSPS) is 21.3. The van der Waals surface area contributed by atoms with Gasteiger partial charge in [-0.15, -0.1) is 0 Å². The largest absolute Gasteiger partial charge is 0.348 e. The van der Waals surface area contributed by atoms with Crippen LogP contribution in [0.15, 0.2) is 48.5 Å². The Bertz CT molecular complexity index is 750. The van der Waals surface area contributed by atoms with E-state index in [1.54, 1.807) is 0 Å². The van der Waals surface area contributed by atoms with E-state index in [1.807, 2.05) is 13.8 Å². The van der Waals surface area contributed by atoms with E-state index in [0.29, 0.717) is 6.61 Å². The molecule has 0 radical (unpaired) electrons.